The van der Waals surface area contributed by atoms with Crippen molar-refractivity contribution in [3.8, 4) is 6.07 Å². The van der Waals surface area contributed by atoms with Crippen molar-refractivity contribution in [1.29, 1.82) is 5.26 Å². The van der Waals surface area contributed by atoms with Crippen LogP contribution in [0.2, 0.25) is 0 Å². The third-order valence-electron chi connectivity index (χ3n) is 2.70. The van der Waals surface area contributed by atoms with Gasteiger partial charge in [-0.25, -0.2) is 4.79 Å². The van der Waals surface area contributed by atoms with Crippen LogP contribution in [0.5, 0.6) is 0 Å². The van der Waals surface area contributed by atoms with E-state index >= 15 is 0 Å². The van der Waals surface area contributed by atoms with Gasteiger partial charge in [0.05, 0.1) is 0 Å². The summed E-state index contributed by atoms with van der Waals surface area (Å²) in [6.45, 7) is 0.688. The fraction of sp³-hybridized carbons (Fsp3) is 0.231. The first-order valence-corrected chi connectivity index (χ1v) is 5.80. The quantitative estimate of drug-likeness (QED) is 0.869. The van der Waals surface area contributed by atoms with Crippen LogP contribution in [0.25, 0.3) is 0 Å². The summed E-state index contributed by atoms with van der Waals surface area (Å²) in [6, 6.07) is 7.34. The van der Waals surface area contributed by atoms with Crippen LogP contribution in [0.3, 0.4) is 0 Å². The van der Waals surface area contributed by atoms with Gasteiger partial charge >= 0.3 is 5.69 Å². The number of likely N-dealkylation sites (N-methyl/N-ethyl adjacent to an activating group) is 1. The zero-order chi connectivity index (χ0) is 13.7. The molecule has 2 aromatic rings. The lowest BCUT2D eigenvalue weighted by Gasteiger charge is -2.17. The first-order chi connectivity index (χ1) is 9.19. The van der Waals surface area contributed by atoms with Crippen molar-refractivity contribution in [3.63, 3.8) is 0 Å². The molecular formula is C13H13N5O. The second kappa shape index (κ2) is 5.78. The summed E-state index contributed by atoms with van der Waals surface area (Å²) in [4.78, 5) is 23.4. The van der Waals surface area contributed by atoms with Crippen molar-refractivity contribution in [3.05, 3.63) is 52.3 Å². The molecular weight excluding hydrogens is 242 g/mol. The second-order valence-electron chi connectivity index (χ2n) is 4.10. The number of aromatic amines is 1. The summed E-state index contributed by atoms with van der Waals surface area (Å²) >= 11 is 0. The number of H-pyrrole nitrogens is 1. The maximum Gasteiger partial charge on any atom is 0.347 e. The molecule has 0 atom stereocenters. The highest BCUT2D eigenvalue weighted by Crippen LogP contribution is 2.08. The Kier molecular flexibility index (Phi) is 3.88. The van der Waals surface area contributed by atoms with E-state index in [2.05, 4.69) is 15.0 Å². The Morgan fingerprint density at radius 3 is 3.05 bits per heavy atom. The van der Waals surface area contributed by atoms with Crippen molar-refractivity contribution in [1.82, 2.24) is 15.0 Å². The molecule has 0 saturated heterocycles. The van der Waals surface area contributed by atoms with Gasteiger partial charge in [-0.2, -0.15) is 10.2 Å². The van der Waals surface area contributed by atoms with E-state index in [9.17, 15) is 4.79 Å². The largest absolute Gasteiger partial charge is 0.359 e. The lowest BCUT2D eigenvalue weighted by molar-refractivity contribution is 0.844. The van der Waals surface area contributed by atoms with Crippen molar-refractivity contribution in [2.45, 2.75) is 6.42 Å². The van der Waals surface area contributed by atoms with Crippen LogP contribution in [-0.2, 0) is 6.42 Å². The molecule has 6 nitrogen and oxygen atoms in total. The van der Waals surface area contributed by atoms with Gasteiger partial charge in [-0.15, -0.1) is 0 Å². The van der Waals surface area contributed by atoms with Crippen molar-refractivity contribution >= 4 is 5.82 Å². The number of nitrogens with one attached hydrogen (secondary N) is 1. The molecule has 0 aliphatic carbocycles. The highest BCUT2D eigenvalue weighted by atomic mass is 16.1. The Balaban J connectivity index is 2.08. The third-order valence-corrected chi connectivity index (χ3v) is 2.70. The van der Waals surface area contributed by atoms with Gasteiger partial charge in [-0.05, 0) is 18.1 Å². The molecule has 6 heteroatoms. The summed E-state index contributed by atoms with van der Waals surface area (Å²) in [7, 11) is 1.83. The van der Waals surface area contributed by atoms with Crippen LogP contribution in [0.1, 0.15) is 11.3 Å². The number of nitriles is 1. The van der Waals surface area contributed by atoms with Gasteiger partial charge in [0.2, 0.25) is 0 Å². The van der Waals surface area contributed by atoms with E-state index in [4.69, 9.17) is 5.26 Å². The predicted molar refractivity (Wildman–Crippen MR) is 70.8 cm³/mol. The monoisotopic (exact) mass is 255 g/mol. The number of rotatable bonds is 4. The third kappa shape index (κ3) is 3.39. The highest BCUT2D eigenvalue weighted by Gasteiger charge is 2.06. The summed E-state index contributed by atoms with van der Waals surface area (Å²) in [5.41, 5.74) is 0.810. The predicted octanol–water partition coefficient (Wildman–Crippen LogP) is 0.715. The zero-order valence-electron chi connectivity index (χ0n) is 10.5. The number of hydrogen-bond donors (Lipinski definition) is 1. The van der Waals surface area contributed by atoms with Crippen LogP contribution >= 0.6 is 0 Å². The van der Waals surface area contributed by atoms with Gasteiger partial charge in [-0.1, -0.05) is 6.07 Å². The van der Waals surface area contributed by atoms with E-state index in [0.29, 0.717) is 12.4 Å². The Bertz CT molecular complexity index is 644. The molecule has 2 aromatic heterocycles. The Hall–Kier alpha value is -2.68. The SMILES string of the molecule is CN(CCc1cccnc1)c1cc(C#N)[nH]c(=O)n1. The van der Waals surface area contributed by atoms with E-state index < -0.39 is 5.69 Å². The van der Waals surface area contributed by atoms with E-state index in [0.717, 1.165) is 12.0 Å². The van der Waals surface area contributed by atoms with E-state index in [1.54, 1.807) is 18.5 Å². The standard InChI is InChI=1S/C13H13N5O/c1-18(6-4-10-3-2-5-15-9-10)12-7-11(8-14)16-13(19)17-12/h2-3,5,7,9H,4,6H2,1H3,(H,16,17,19). The van der Waals surface area contributed by atoms with Crippen LogP contribution < -0.4 is 10.6 Å². The number of anilines is 1. The van der Waals surface area contributed by atoms with E-state index in [-0.39, 0.29) is 5.69 Å². The van der Waals surface area contributed by atoms with Gasteiger partial charge in [0.1, 0.15) is 17.6 Å². The Morgan fingerprint density at radius 1 is 1.53 bits per heavy atom. The molecule has 0 aromatic carbocycles. The van der Waals surface area contributed by atoms with Crippen molar-refractivity contribution < 1.29 is 0 Å². The molecule has 0 amide bonds. The lowest BCUT2D eigenvalue weighted by Crippen LogP contribution is -2.25. The van der Waals surface area contributed by atoms with Crippen LogP contribution in [-0.4, -0.2) is 28.5 Å². The topological polar surface area (TPSA) is 85.7 Å². The van der Waals surface area contributed by atoms with Gasteiger partial charge in [0, 0.05) is 32.1 Å². The molecule has 2 heterocycles. The molecule has 96 valence electrons. The van der Waals surface area contributed by atoms with E-state index in [1.807, 2.05) is 30.1 Å². The van der Waals surface area contributed by atoms with E-state index in [1.165, 1.54) is 0 Å². The molecule has 0 aliphatic rings. The van der Waals surface area contributed by atoms with Gasteiger partial charge < -0.3 is 4.90 Å². The van der Waals surface area contributed by atoms with Crippen LogP contribution in [0.15, 0.2) is 35.4 Å². The summed E-state index contributed by atoms with van der Waals surface area (Å²) in [6.07, 6.45) is 4.32. The fourth-order valence-corrected chi connectivity index (χ4v) is 1.66. The Morgan fingerprint density at radius 2 is 2.37 bits per heavy atom. The lowest BCUT2D eigenvalue weighted by atomic mass is 10.2. The van der Waals surface area contributed by atoms with Crippen molar-refractivity contribution in [2.24, 2.45) is 0 Å². The minimum atomic E-state index is -0.512. The molecule has 1 N–H and O–H groups in total. The van der Waals surface area contributed by atoms with Crippen LogP contribution in [0.4, 0.5) is 5.82 Å². The minimum Gasteiger partial charge on any atom is -0.359 e. The molecule has 0 saturated carbocycles. The molecule has 2 rings (SSSR count). The van der Waals surface area contributed by atoms with Gasteiger partial charge in [0.15, 0.2) is 0 Å². The first kappa shape index (κ1) is 12.8. The molecule has 19 heavy (non-hydrogen) atoms. The van der Waals surface area contributed by atoms with Crippen molar-refractivity contribution in [2.75, 3.05) is 18.5 Å². The maximum atomic E-state index is 11.3. The first-order valence-electron chi connectivity index (χ1n) is 5.80. The minimum absolute atomic E-state index is 0.211. The maximum absolute atomic E-state index is 11.3. The molecule has 0 aliphatic heterocycles. The normalized spacial score (nSPS) is 9.89. The summed E-state index contributed by atoms with van der Waals surface area (Å²) < 4.78 is 0. The molecule has 0 fully saturated rings. The average Bonchev–Trinajstić information content (AvgIpc) is 2.45. The molecule has 0 unspecified atom stereocenters. The number of aromatic nitrogens is 3. The average molecular weight is 255 g/mol. The zero-order valence-corrected chi connectivity index (χ0v) is 10.5. The smallest absolute Gasteiger partial charge is 0.347 e. The molecule has 0 radical (unpaired) electrons. The Labute approximate surface area is 110 Å². The highest BCUT2D eigenvalue weighted by molar-refractivity contribution is 5.41. The number of nitrogens with zero attached hydrogens (tertiary/aromatic N) is 4. The fourth-order valence-electron chi connectivity index (χ4n) is 1.66. The van der Waals surface area contributed by atoms with Gasteiger partial charge in [-0.3, -0.25) is 9.97 Å². The van der Waals surface area contributed by atoms with Crippen LogP contribution in [0, 0.1) is 11.3 Å². The summed E-state index contributed by atoms with van der Waals surface area (Å²) in [5.74, 6) is 0.490. The molecule has 0 bridgehead atoms. The second-order valence-corrected chi connectivity index (χ2v) is 4.10. The molecule has 0 spiro atoms. The number of pyridine rings is 1. The van der Waals surface area contributed by atoms with Gasteiger partial charge in [0.25, 0.3) is 0 Å². The number of hydrogen-bond acceptors (Lipinski definition) is 5. The summed E-state index contributed by atoms with van der Waals surface area (Å²) in [5, 5.41) is 8.80.